The van der Waals surface area contributed by atoms with Crippen LogP contribution in [0.2, 0.25) is 0 Å². The van der Waals surface area contributed by atoms with Crippen molar-refractivity contribution in [2.45, 2.75) is 25.7 Å². The summed E-state index contributed by atoms with van der Waals surface area (Å²) in [5.41, 5.74) is 3.30. The number of ether oxygens (including phenoxy) is 2. The molecule has 32 heavy (non-hydrogen) atoms. The molecule has 1 aliphatic heterocycles. The molecule has 1 aromatic carbocycles. The van der Waals surface area contributed by atoms with Crippen LogP contribution in [0.5, 0.6) is 0 Å². The van der Waals surface area contributed by atoms with Gasteiger partial charge in [0.15, 0.2) is 5.58 Å². The van der Waals surface area contributed by atoms with E-state index in [2.05, 4.69) is 15.3 Å². The van der Waals surface area contributed by atoms with Gasteiger partial charge in [0, 0.05) is 22.8 Å². The Balaban J connectivity index is 1.61. The summed E-state index contributed by atoms with van der Waals surface area (Å²) in [6.45, 7) is 1.79. The third-order valence-corrected chi connectivity index (χ3v) is 5.36. The molecule has 0 radical (unpaired) electrons. The van der Waals surface area contributed by atoms with Crippen molar-refractivity contribution in [3.05, 3.63) is 88.9 Å². The first-order valence-corrected chi connectivity index (χ1v) is 10.2. The Morgan fingerprint density at radius 2 is 2.06 bits per heavy atom. The first kappa shape index (κ1) is 20.3. The Kier molecular flexibility index (Phi) is 5.40. The van der Waals surface area contributed by atoms with Gasteiger partial charge in [-0.25, -0.2) is 4.99 Å². The predicted molar refractivity (Wildman–Crippen MR) is 116 cm³/mol. The zero-order valence-corrected chi connectivity index (χ0v) is 17.3. The third kappa shape index (κ3) is 3.87. The summed E-state index contributed by atoms with van der Waals surface area (Å²) in [4.78, 5) is 22.1. The molecule has 3 heterocycles. The molecule has 1 saturated heterocycles. The van der Waals surface area contributed by atoms with Gasteiger partial charge in [0.25, 0.3) is 5.91 Å². The van der Waals surface area contributed by atoms with Gasteiger partial charge in [0.05, 0.1) is 18.0 Å². The zero-order chi connectivity index (χ0) is 22.1. The largest absolute Gasteiger partial charge is 0.436 e. The number of aromatic nitrogens is 1. The Morgan fingerprint density at radius 1 is 1.25 bits per heavy atom. The maximum absolute atomic E-state index is 13.3. The summed E-state index contributed by atoms with van der Waals surface area (Å²) in [6.07, 6.45) is 6.65. The second-order valence-electron chi connectivity index (χ2n) is 7.50. The molecule has 162 valence electrons. The van der Waals surface area contributed by atoms with Crippen LogP contribution in [0.25, 0.3) is 11.0 Å². The number of carbonyl (C=O) groups is 1. The number of carbonyl (C=O) groups excluding carboxylic acids is 1. The molecule has 3 aromatic rings. The topological polar surface area (TPSA) is 106 Å². The maximum Gasteiger partial charge on any atom is 0.261 e. The summed E-state index contributed by atoms with van der Waals surface area (Å²) in [6, 6.07) is 10.9. The average molecular weight is 431 g/mol. The zero-order valence-electron chi connectivity index (χ0n) is 17.3. The van der Waals surface area contributed by atoms with Crippen LogP contribution in [0.3, 0.4) is 0 Å². The third-order valence-electron chi connectivity index (χ3n) is 5.36. The number of para-hydroxylation sites is 1. The van der Waals surface area contributed by atoms with Crippen LogP contribution in [-0.4, -0.2) is 35.0 Å². The number of nitrogens with one attached hydrogen (secondary N) is 1. The number of amides is 1. The quantitative estimate of drug-likeness (QED) is 0.658. The van der Waals surface area contributed by atoms with Crippen LogP contribution in [0, 0.1) is 6.92 Å². The Bertz CT molecular complexity index is 1310. The van der Waals surface area contributed by atoms with E-state index in [1.54, 1.807) is 25.3 Å². The molecule has 1 aliphatic carbocycles. The van der Waals surface area contributed by atoms with Crippen LogP contribution < -0.4 is 10.9 Å². The van der Waals surface area contributed by atoms with E-state index < -0.39 is 5.91 Å². The fourth-order valence-corrected chi connectivity index (χ4v) is 3.69. The highest BCUT2D eigenvalue weighted by Gasteiger charge is 2.28. The standard InChI is InChI=1S/C24H21N3O5/c1-14-22-18(15(12-28)11-25-14)10-19(24(32-22)27-16-5-3-2-4-6-16)23(29)26-17-7-8-20-21(9-17)31-13-30-20/h2-11,20-21,28H,12-13H2,1H3,(H,26,29)/t20-,21-/m1/s1. The molecule has 5 rings (SSSR count). The van der Waals surface area contributed by atoms with E-state index in [-0.39, 0.29) is 36.7 Å². The molecule has 2 aliphatic rings. The normalized spacial score (nSPS) is 20.3. The molecule has 2 N–H and O–H groups in total. The lowest BCUT2D eigenvalue weighted by Gasteiger charge is -2.17. The predicted octanol–water partition coefficient (Wildman–Crippen LogP) is 2.79. The molecule has 0 saturated carbocycles. The average Bonchev–Trinajstić information content (AvgIpc) is 3.28. The van der Waals surface area contributed by atoms with Crippen LogP contribution in [0.15, 0.2) is 75.9 Å². The lowest BCUT2D eigenvalue weighted by atomic mass is 10.1. The summed E-state index contributed by atoms with van der Waals surface area (Å²) in [7, 11) is 0. The summed E-state index contributed by atoms with van der Waals surface area (Å²) < 4.78 is 17.0. The first-order valence-electron chi connectivity index (χ1n) is 10.2. The van der Waals surface area contributed by atoms with Gasteiger partial charge in [-0.05, 0) is 37.3 Å². The van der Waals surface area contributed by atoms with Crippen molar-refractivity contribution >= 4 is 22.6 Å². The highest BCUT2D eigenvalue weighted by Crippen LogP contribution is 2.23. The van der Waals surface area contributed by atoms with E-state index in [1.807, 2.05) is 42.5 Å². The van der Waals surface area contributed by atoms with Gasteiger partial charge in [-0.3, -0.25) is 9.78 Å². The molecule has 1 fully saturated rings. The van der Waals surface area contributed by atoms with Crippen molar-refractivity contribution in [2.75, 3.05) is 6.79 Å². The molecule has 0 spiro atoms. The highest BCUT2D eigenvalue weighted by molar-refractivity contribution is 5.98. The van der Waals surface area contributed by atoms with Crippen LogP contribution in [-0.2, 0) is 16.1 Å². The molecule has 2 aromatic heterocycles. The van der Waals surface area contributed by atoms with Gasteiger partial charge in [-0.2, -0.15) is 0 Å². The second kappa shape index (κ2) is 8.51. The maximum atomic E-state index is 13.3. The van der Waals surface area contributed by atoms with Crippen molar-refractivity contribution in [2.24, 2.45) is 4.99 Å². The van der Waals surface area contributed by atoms with E-state index in [0.29, 0.717) is 33.6 Å². The molecule has 8 heteroatoms. The summed E-state index contributed by atoms with van der Waals surface area (Å²) >= 11 is 0. The minimum atomic E-state index is -0.392. The summed E-state index contributed by atoms with van der Waals surface area (Å²) in [5, 5.41) is 13.3. The van der Waals surface area contributed by atoms with Crippen LogP contribution in [0.1, 0.15) is 21.6 Å². The lowest BCUT2D eigenvalue weighted by Crippen LogP contribution is -2.31. The summed E-state index contributed by atoms with van der Waals surface area (Å²) in [5.74, 6) is -0.392. The second-order valence-corrected chi connectivity index (χ2v) is 7.50. The Hall–Kier alpha value is -3.59. The molecular weight excluding hydrogens is 410 g/mol. The van der Waals surface area contributed by atoms with E-state index in [4.69, 9.17) is 13.9 Å². The number of aliphatic hydroxyl groups excluding tert-OH is 1. The SMILES string of the molecule is Cc1ncc(CO)c2cc(C(=O)NC3=C[C@H]4OCO[C@@H]4C=C3)c(=Nc3ccccc3)oc12. The van der Waals surface area contributed by atoms with Gasteiger partial charge in [-0.1, -0.05) is 24.3 Å². The monoisotopic (exact) mass is 431 g/mol. The fraction of sp³-hybridized carbons (Fsp3) is 0.208. The van der Waals surface area contributed by atoms with Crippen LogP contribution in [0.4, 0.5) is 5.69 Å². The molecule has 0 unspecified atom stereocenters. The number of benzene rings is 1. The van der Waals surface area contributed by atoms with Crippen molar-refractivity contribution in [3.63, 3.8) is 0 Å². The molecular formula is C24H21N3O5. The Labute approximate surface area is 183 Å². The van der Waals surface area contributed by atoms with E-state index >= 15 is 0 Å². The van der Waals surface area contributed by atoms with Crippen molar-refractivity contribution in [3.8, 4) is 0 Å². The van der Waals surface area contributed by atoms with Crippen molar-refractivity contribution in [1.29, 1.82) is 0 Å². The van der Waals surface area contributed by atoms with E-state index in [1.165, 1.54) is 0 Å². The van der Waals surface area contributed by atoms with Crippen molar-refractivity contribution < 1.29 is 23.8 Å². The van der Waals surface area contributed by atoms with E-state index in [9.17, 15) is 9.90 Å². The number of fused-ring (bicyclic) bond motifs is 2. The van der Waals surface area contributed by atoms with Crippen molar-refractivity contribution in [1.82, 2.24) is 10.3 Å². The number of aryl methyl sites for hydroxylation is 1. The number of hydrogen-bond donors (Lipinski definition) is 2. The smallest absolute Gasteiger partial charge is 0.261 e. The number of pyridine rings is 1. The molecule has 1 amide bonds. The van der Waals surface area contributed by atoms with Gasteiger partial charge in [0.1, 0.15) is 24.6 Å². The minimum Gasteiger partial charge on any atom is -0.436 e. The Morgan fingerprint density at radius 3 is 2.88 bits per heavy atom. The molecule has 0 bridgehead atoms. The van der Waals surface area contributed by atoms with Crippen LogP contribution >= 0.6 is 0 Å². The van der Waals surface area contributed by atoms with Gasteiger partial charge in [-0.15, -0.1) is 0 Å². The van der Waals surface area contributed by atoms with E-state index in [0.717, 1.165) is 0 Å². The number of rotatable bonds is 4. The van der Waals surface area contributed by atoms with Gasteiger partial charge in [0.2, 0.25) is 5.55 Å². The number of hydrogen-bond acceptors (Lipinski definition) is 7. The number of aliphatic hydroxyl groups is 1. The van der Waals surface area contributed by atoms with Gasteiger partial charge >= 0.3 is 0 Å². The number of nitrogens with zero attached hydrogens (tertiary/aromatic N) is 2. The van der Waals surface area contributed by atoms with Gasteiger partial charge < -0.3 is 24.3 Å². The lowest BCUT2D eigenvalue weighted by molar-refractivity contribution is 0.0503. The molecule has 8 nitrogen and oxygen atoms in total. The fourth-order valence-electron chi connectivity index (χ4n) is 3.69. The highest BCUT2D eigenvalue weighted by atomic mass is 16.7. The number of allylic oxidation sites excluding steroid dienone is 1. The minimum absolute atomic E-state index is 0.141. The molecule has 2 atom stereocenters. The first-order chi connectivity index (χ1) is 15.6.